The summed E-state index contributed by atoms with van der Waals surface area (Å²) in [7, 11) is -3.00. The number of phenols is 1. The fraction of sp³-hybridized carbons (Fsp3) is 0.0588. The smallest absolute Gasteiger partial charge is 0.744 e. The fourth-order valence-corrected chi connectivity index (χ4v) is 2.93. The number of benzene rings is 3. The summed E-state index contributed by atoms with van der Waals surface area (Å²) in [5.41, 5.74) is 1.16. The summed E-state index contributed by atoms with van der Waals surface area (Å²) in [6.07, 6.45) is 0. The molecule has 0 amide bonds. The number of anilines is 1. The van der Waals surface area contributed by atoms with E-state index in [1.807, 2.05) is 6.07 Å². The molecule has 9 heteroatoms. The van der Waals surface area contributed by atoms with Crippen LogP contribution in [0.1, 0.15) is 0 Å². The minimum absolute atomic E-state index is 0. The van der Waals surface area contributed by atoms with Crippen molar-refractivity contribution in [3.63, 3.8) is 0 Å². The average molecular weight is 379 g/mol. The van der Waals surface area contributed by atoms with Crippen LogP contribution < -0.4 is 34.9 Å². The Morgan fingerprint density at radius 1 is 1.00 bits per heavy atom. The zero-order valence-corrected chi connectivity index (χ0v) is 17.0. The first-order chi connectivity index (χ1) is 11.9. The average Bonchev–Trinajstić information content (AvgIpc) is 2.60. The van der Waals surface area contributed by atoms with Crippen molar-refractivity contribution in [3.05, 3.63) is 54.6 Å². The van der Waals surface area contributed by atoms with Crippen LogP contribution in [0, 0.1) is 0 Å². The third-order valence-corrected chi connectivity index (χ3v) is 4.43. The van der Waals surface area contributed by atoms with Gasteiger partial charge >= 0.3 is 29.6 Å². The van der Waals surface area contributed by atoms with Gasteiger partial charge in [-0.05, 0) is 30.3 Å². The van der Waals surface area contributed by atoms with Crippen molar-refractivity contribution in [3.8, 4) is 5.75 Å². The molecule has 0 aliphatic heterocycles. The number of hydrogen-bond acceptors (Lipinski definition) is 7. The van der Waals surface area contributed by atoms with Crippen molar-refractivity contribution >= 4 is 38.0 Å². The second-order valence-electron chi connectivity index (χ2n) is 5.27. The number of phenolic OH excluding ortho intramolecular Hbond substituents is 1. The van der Waals surface area contributed by atoms with Crippen molar-refractivity contribution in [1.29, 1.82) is 0 Å². The minimum atomic E-state index is -4.61. The quantitative estimate of drug-likeness (QED) is 0.397. The minimum Gasteiger partial charge on any atom is -0.744 e. The van der Waals surface area contributed by atoms with Crippen molar-refractivity contribution < 1.29 is 47.6 Å². The molecule has 0 heterocycles. The molecule has 7 nitrogen and oxygen atoms in total. The fourth-order valence-electron chi connectivity index (χ4n) is 2.40. The maximum atomic E-state index is 11.3. The molecule has 0 unspecified atom stereocenters. The molecule has 0 radical (unpaired) electrons. The van der Waals surface area contributed by atoms with E-state index in [2.05, 4.69) is 15.5 Å². The predicted octanol–water partition coefficient (Wildman–Crippen LogP) is 0.911. The van der Waals surface area contributed by atoms with Crippen LogP contribution in [0.4, 0.5) is 17.1 Å². The summed E-state index contributed by atoms with van der Waals surface area (Å²) in [5, 5.41) is 22.2. The number of aromatic hydroxyl groups is 1. The summed E-state index contributed by atoms with van der Waals surface area (Å²) < 4.78 is 33.8. The Morgan fingerprint density at radius 2 is 1.69 bits per heavy atom. The Labute approximate surface area is 172 Å². The standard InChI is InChI=1S/C17H15N3O4S.Na/c1-18-11-8-12(10-13(9-11)25(22,23)24)19-20-16-6-7-17(21)15-5-3-2-4-14(15)16;/h2-10,18,21H,1H3,(H,22,23,24);/q;+1/p-1. The van der Waals surface area contributed by atoms with Gasteiger partial charge in [0.2, 0.25) is 0 Å². The number of fused-ring (bicyclic) bond motifs is 1. The maximum Gasteiger partial charge on any atom is 1.00 e. The molecule has 128 valence electrons. The Bertz CT molecular complexity index is 1080. The van der Waals surface area contributed by atoms with Gasteiger partial charge in [-0.1, -0.05) is 24.3 Å². The zero-order chi connectivity index (χ0) is 18.0. The Morgan fingerprint density at radius 3 is 2.35 bits per heavy atom. The van der Waals surface area contributed by atoms with Crippen molar-refractivity contribution in [2.24, 2.45) is 10.2 Å². The van der Waals surface area contributed by atoms with E-state index in [1.54, 1.807) is 37.4 Å². The zero-order valence-electron chi connectivity index (χ0n) is 14.2. The normalized spacial score (nSPS) is 11.5. The molecule has 0 spiro atoms. The van der Waals surface area contributed by atoms with Crippen LogP contribution in [0.15, 0.2) is 69.7 Å². The molecule has 26 heavy (non-hydrogen) atoms. The van der Waals surface area contributed by atoms with Crippen LogP contribution in [0.3, 0.4) is 0 Å². The molecule has 3 aromatic rings. The van der Waals surface area contributed by atoms with E-state index in [0.717, 1.165) is 6.07 Å². The third-order valence-electron chi connectivity index (χ3n) is 3.62. The molecular weight excluding hydrogens is 365 g/mol. The van der Waals surface area contributed by atoms with Crippen molar-refractivity contribution in [1.82, 2.24) is 0 Å². The van der Waals surface area contributed by atoms with Crippen molar-refractivity contribution in [2.75, 3.05) is 12.4 Å². The summed E-state index contributed by atoms with van der Waals surface area (Å²) >= 11 is 0. The van der Waals surface area contributed by atoms with Crippen LogP contribution in [0.5, 0.6) is 5.75 Å². The summed E-state index contributed by atoms with van der Waals surface area (Å²) in [6.45, 7) is 0. The first kappa shape index (κ1) is 20.3. The number of nitrogens with one attached hydrogen (secondary N) is 1. The molecule has 0 saturated carbocycles. The molecule has 3 rings (SSSR count). The van der Waals surface area contributed by atoms with Gasteiger partial charge in [0.1, 0.15) is 15.9 Å². The van der Waals surface area contributed by atoms with E-state index >= 15 is 0 Å². The summed E-state index contributed by atoms with van der Waals surface area (Å²) in [5.74, 6) is 0.131. The molecule has 0 saturated heterocycles. The van der Waals surface area contributed by atoms with Gasteiger partial charge in [-0.3, -0.25) is 0 Å². The van der Waals surface area contributed by atoms with Crippen LogP contribution in [-0.2, 0) is 10.1 Å². The Kier molecular flexibility index (Phi) is 6.38. The van der Waals surface area contributed by atoms with Crippen LogP contribution in [-0.4, -0.2) is 25.1 Å². The van der Waals surface area contributed by atoms with E-state index in [0.29, 0.717) is 22.1 Å². The number of azo groups is 1. The number of hydrogen-bond donors (Lipinski definition) is 2. The molecular formula is C17H14N3NaO4S. The molecule has 0 atom stereocenters. The monoisotopic (exact) mass is 379 g/mol. The van der Waals surface area contributed by atoms with Gasteiger partial charge in [0.25, 0.3) is 0 Å². The van der Waals surface area contributed by atoms with Gasteiger partial charge in [0, 0.05) is 23.5 Å². The summed E-state index contributed by atoms with van der Waals surface area (Å²) in [6, 6.07) is 14.2. The van der Waals surface area contributed by atoms with Gasteiger partial charge < -0.3 is 15.0 Å². The molecule has 0 aliphatic rings. The molecule has 0 aromatic heterocycles. The molecule has 2 N–H and O–H groups in total. The van der Waals surface area contributed by atoms with Crippen molar-refractivity contribution in [2.45, 2.75) is 4.90 Å². The van der Waals surface area contributed by atoms with Gasteiger partial charge in [-0.2, -0.15) is 5.11 Å². The topological polar surface area (TPSA) is 114 Å². The second kappa shape index (κ2) is 8.15. The molecule has 0 bridgehead atoms. The molecule has 0 fully saturated rings. The van der Waals surface area contributed by atoms with Crippen LogP contribution >= 0.6 is 0 Å². The first-order valence-corrected chi connectivity index (χ1v) is 8.70. The van der Waals surface area contributed by atoms with E-state index in [1.165, 1.54) is 12.1 Å². The third kappa shape index (κ3) is 4.40. The van der Waals surface area contributed by atoms with E-state index in [-0.39, 0.29) is 45.9 Å². The van der Waals surface area contributed by atoms with Gasteiger partial charge in [0.15, 0.2) is 0 Å². The SMILES string of the molecule is CNc1cc(N=Nc2ccc(O)c3ccccc23)cc(S(=O)(=O)[O-])c1.[Na+]. The maximum absolute atomic E-state index is 11.3. The predicted molar refractivity (Wildman–Crippen MR) is 93.7 cm³/mol. The Hall–Kier alpha value is -1.97. The first-order valence-electron chi connectivity index (χ1n) is 7.30. The van der Waals surface area contributed by atoms with E-state index in [9.17, 15) is 18.1 Å². The van der Waals surface area contributed by atoms with Gasteiger partial charge in [-0.25, -0.2) is 8.42 Å². The molecule has 0 aliphatic carbocycles. The van der Waals surface area contributed by atoms with Gasteiger partial charge in [0.05, 0.1) is 16.3 Å². The largest absolute Gasteiger partial charge is 1.00 e. The summed E-state index contributed by atoms with van der Waals surface area (Å²) in [4.78, 5) is -0.385. The molecule has 3 aromatic carbocycles. The Balaban J connectivity index is 0.00000243. The van der Waals surface area contributed by atoms with Crippen LogP contribution in [0.25, 0.3) is 10.8 Å². The number of rotatable bonds is 4. The van der Waals surface area contributed by atoms with E-state index in [4.69, 9.17) is 0 Å². The van der Waals surface area contributed by atoms with Crippen LogP contribution in [0.2, 0.25) is 0 Å². The number of nitrogens with zero attached hydrogens (tertiary/aromatic N) is 2. The second-order valence-corrected chi connectivity index (χ2v) is 6.65. The van der Waals surface area contributed by atoms with Gasteiger partial charge in [-0.15, -0.1) is 5.11 Å². The van der Waals surface area contributed by atoms with E-state index < -0.39 is 10.1 Å².